The van der Waals surface area contributed by atoms with Gasteiger partial charge in [0.1, 0.15) is 5.82 Å². The van der Waals surface area contributed by atoms with Crippen LogP contribution in [0.1, 0.15) is 5.69 Å². The number of nitrogens with two attached hydrogens (primary N) is 1. The number of thioether (sulfide) groups is 1. The lowest BCUT2D eigenvalue weighted by Gasteiger charge is -2.06. The van der Waals surface area contributed by atoms with Crippen LogP contribution in [0, 0.1) is 6.92 Å². The zero-order valence-electron chi connectivity index (χ0n) is 9.57. The van der Waals surface area contributed by atoms with E-state index in [0.717, 1.165) is 15.7 Å². The number of nitrogens with zero attached hydrogens (tertiary/aromatic N) is 2. The molecule has 1 aromatic heterocycles. The Labute approximate surface area is 113 Å². The van der Waals surface area contributed by atoms with Gasteiger partial charge < -0.3 is 5.73 Å². The van der Waals surface area contributed by atoms with E-state index in [1.165, 1.54) is 4.90 Å². The minimum absolute atomic E-state index is 0.474. The average Bonchev–Trinajstić information content (AvgIpc) is 2.35. The van der Waals surface area contributed by atoms with Crippen LogP contribution >= 0.6 is 27.7 Å². The van der Waals surface area contributed by atoms with Crippen LogP contribution in [0.2, 0.25) is 0 Å². The Bertz CT molecular complexity index is 517. The predicted molar refractivity (Wildman–Crippen MR) is 76.1 cm³/mol. The number of hydrogen-bond acceptors (Lipinski definition) is 4. The number of anilines is 1. The molecule has 0 atom stereocenters. The lowest BCUT2D eigenvalue weighted by atomic mass is 10.2. The molecule has 88 valence electrons. The number of nitrogen functional groups attached to an aromatic ring is 1. The van der Waals surface area contributed by atoms with Crippen molar-refractivity contribution in [3.63, 3.8) is 0 Å². The van der Waals surface area contributed by atoms with Crippen LogP contribution in [-0.2, 0) is 0 Å². The highest BCUT2D eigenvalue weighted by atomic mass is 79.9. The van der Waals surface area contributed by atoms with Crippen LogP contribution in [0.3, 0.4) is 0 Å². The van der Waals surface area contributed by atoms with Gasteiger partial charge in [-0.15, -0.1) is 11.8 Å². The summed E-state index contributed by atoms with van der Waals surface area (Å²) in [5.74, 6) is 1.14. The molecule has 3 nitrogen and oxygen atoms in total. The maximum atomic E-state index is 5.81. The molecule has 1 heterocycles. The van der Waals surface area contributed by atoms with E-state index in [4.69, 9.17) is 5.73 Å². The smallest absolute Gasteiger partial charge is 0.161 e. The van der Waals surface area contributed by atoms with Gasteiger partial charge in [0.2, 0.25) is 0 Å². The summed E-state index contributed by atoms with van der Waals surface area (Å²) in [6.07, 6.45) is 2.05. The van der Waals surface area contributed by atoms with E-state index in [2.05, 4.69) is 38.0 Å². The van der Waals surface area contributed by atoms with Crippen LogP contribution in [0.4, 0.5) is 5.82 Å². The first kappa shape index (κ1) is 12.4. The highest BCUT2D eigenvalue weighted by Gasteiger charge is 2.08. The molecule has 0 fully saturated rings. The van der Waals surface area contributed by atoms with E-state index >= 15 is 0 Å². The number of aryl methyl sites for hydroxylation is 1. The van der Waals surface area contributed by atoms with E-state index in [1.54, 1.807) is 11.8 Å². The summed E-state index contributed by atoms with van der Waals surface area (Å²) in [7, 11) is 0. The van der Waals surface area contributed by atoms with Gasteiger partial charge in [-0.2, -0.15) is 0 Å². The van der Waals surface area contributed by atoms with Crippen molar-refractivity contribution < 1.29 is 0 Å². The Kier molecular flexibility index (Phi) is 3.69. The molecule has 2 rings (SSSR count). The molecule has 0 amide bonds. The molecule has 0 unspecified atom stereocenters. The molecule has 0 bridgehead atoms. The Morgan fingerprint density at radius 2 is 1.82 bits per heavy atom. The van der Waals surface area contributed by atoms with Crippen LogP contribution < -0.4 is 5.73 Å². The molecule has 2 N–H and O–H groups in total. The van der Waals surface area contributed by atoms with Crippen LogP contribution in [0.5, 0.6) is 0 Å². The topological polar surface area (TPSA) is 51.8 Å². The van der Waals surface area contributed by atoms with Crippen molar-refractivity contribution >= 4 is 33.5 Å². The fourth-order valence-electron chi connectivity index (χ4n) is 1.45. The molecule has 0 aliphatic carbocycles. The zero-order chi connectivity index (χ0) is 12.4. The monoisotopic (exact) mass is 309 g/mol. The zero-order valence-corrected chi connectivity index (χ0v) is 12.0. The molecule has 0 radical (unpaired) electrons. The van der Waals surface area contributed by atoms with Crippen molar-refractivity contribution in [1.82, 2.24) is 9.97 Å². The van der Waals surface area contributed by atoms with Crippen LogP contribution in [-0.4, -0.2) is 16.2 Å². The fourth-order valence-corrected chi connectivity index (χ4v) is 2.04. The number of benzene rings is 1. The summed E-state index contributed by atoms with van der Waals surface area (Å²) in [4.78, 5) is 9.90. The lowest BCUT2D eigenvalue weighted by Crippen LogP contribution is -1.99. The molecular formula is C12H12BrN3S. The summed E-state index contributed by atoms with van der Waals surface area (Å²) < 4.78 is 0.766. The van der Waals surface area contributed by atoms with E-state index in [-0.39, 0.29) is 0 Å². The van der Waals surface area contributed by atoms with Gasteiger partial charge in [-0.1, -0.05) is 12.1 Å². The lowest BCUT2D eigenvalue weighted by molar-refractivity contribution is 1.10. The van der Waals surface area contributed by atoms with Crippen molar-refractivity contribution in [2.24, 2.45) is 0 Å². The molecule has 5 heteroatoms. The second kappa shape index (κ2) is 5.06. The Morgan fingerprint density at radius 1 is 1.18 bits per heavy atom. The highest BCUT2D eigenvalue weighted by molar-refractivity contribution is 9.10. The third kappa shape index (κ3) is 2.61. The van der Waals surface area contributed by atoms with Gasteiger partial charge in [0.05, 0.1) is 10.2 Å². The van der Waals surface area contributed by atoms with Gasteiger partial charge in [0.15, 0.2) is 5.82 Å². The third-order valence-corrected chi connectivity index (χ3v) is 4.11. The maximum Gasteiger partial charge on any atom is 0.161 e. The predicted octanol–water partition coefficient (Wildman–Crippen LogP) is 3.52. The van der Waals surface area contributed by atoms with Crippen LogP contribution in [0.25, 0.3) is 11.4 Å². The second-order valence-corrected chi connectivity index (χ2v) is 5.23. The van der Waals surface area contributed by atoms with Crippen molar-refractivity contribution in [1.29, 1.82) is 0 Å². The molecular weight excluding hydrogens is 298 g/mol. The van der Waals surface area contributed by atoms with Crippen molar-refractivity contribution in [3.8, 4) is 11.4 Å². The van der Waals surface area contributed by atoms with Gasteiger partial charge in [-0.25, -0.2) is 9.97 Å². The van der Waals surface area contributed by atoms with Crippen molar-refractivity contribution in [2.75, 3.05) is 12.0 Å². The molecule has 0 spiro atoms. The van der Waals surface area contributed by atoms with Gasteiger partial charge in [-0.05, 0) is 41.2 Å². The van der Waals surface area contributed by atoms with Crippen molar-refractivity contribution in [3.05, 3.63) is 34.4 Å². The Balaban J connectivity index is 2.45. The molecule has 17 heavy (non-hydrogen) atoms. The van der Waals surface area contributed by atoms with Gasteiger partial charge >= 0.3 is 0 Å². The first-order valence-corrected chi connectivity index (χ1v) is 7.07. The van der Waals surface area contributed by atoms with Crippen LogP contribution in [0.15, 0.2) is 33.6 Å². The van der Waals surface area contributed by atoms with E-state index in [0.29, 0.717) is 11.6 Å². The minimum Gasteiger partial charge on any atom is -0.383 e. The van der Waals surface area contributed by atoms with Crippen molar-refractivity contribution in [2.45, 2.75) is 11.8 Å². The molecule has 2 aromatic rings. The molecule has 1 aromatic carbocycles. The summed E-state index contributed by atoms with van der Waals surface area (Å²) in [5, 5.41) is 0. The normalized spacial score (nSPS) is 10.5. The molecule has 0 aliphatic heterocycles. The van der Waals surface area contributed by atoms with Gasteiger partial charge in [-0.3, -0.25) is 0 Å². The van der Waals surface area contributed by atoms with Gasteiger partial charge in [0, 0.05) is 10.5 Å². The van der Waals surface area contributed by atoms with E-state index < -0.39 is 0 Å². The summed E-state index contributed by atoms with van der Waals surface area (Å²) in [6.45, 7) is 1.90. The summed E-state index contributed by atoms with van der Waals surface area (Å²) in [6, 6.07) is 8.12. The first-order valence-electron chi connectivity index (χ1n) is 5.06. The molecule has 0 saturated heterocycles. The third-order valence-electron chi connectivity index (χ3n) is 2.39. The van der Waals surface area contributed by atoms with E-state index in [9.17, 15) is 0 Å². The first-order chi connectivity index (χ1) is 8.11. The molecule has 0 aliphatic rings. The number of halogens is 1. The van der Waals surface area contributed by atoms with Gasteiger partial charge in [0.25, 0.3) is 0 Å². The summed E-state index contributed by atoms with van der Waals surface area (Å²) in [5.41, 5.74) is 7.64. The highest BCUT2D eigenvalue weighted by Crippen LogP contribution is 2.25. The molecule has 0 saturated carbocycles. The Morgan fingerprint density at radius 3 is 2.35 bits per heavy atom. The quantitative estimate of drug-likeness (QED) is 0.862. The largest absolute Gasteiger partial charge is 0.383 e. The SMILES string of the molecule is CSc1ccc(-c2nc(C)c(Br)c(N)n2)cc1. The number of rotatable bonds is 2. The Hall–Kier alpha value is -1.07. The summed E-state index contributed by atoms with van der Waals surface area (Å²) >= 11 is 5.06. The van der Waals surface area contributed by atoms with E-state index in [1.807, 2.05) is 25.3 Å². The second-order valence-electron chi connectivity index (χ2n) is 3.56. The number of aromatic nitrogens is 2. The fraction of sp³-hybridized carbons (Fsp3) is 0.167. The maximum absolute atomic E-state index is 5.81. The standard InChI is InChI=1S/C12H12BrN3S/c1-7-10(13)11(14)16-12(15-7)8-3-5-9(17-2)6-4-8/h3-6H,1-2H3,(H2,14,15,16). The minimum atomic E-state index is 0.474. The number of hydrogen-bond donors (Lipinski definition) is 1. The average molecular weight is 310 g/mol.